The molecule has 2 aromatic carbocycles. The van der Waals surface area contributed by atoms with E-state index in [9.17, 15) is 9.90 Å². The molecule has 0 aliphatic heterocycles. The number of benzene rings is 2. The second-order valence-electron chi connectivity index (χ2n) is 5.18. The van der Waals surface area contributed by atoms with Crippen molar-refractivity contribution < 1.29 is 14.6 Å². The van der Waals surface area contributed by atoms with Crippen molar-refractivity contribution in [2.75, 3.05) is 7.11 Å². The fourth-order valence-corrected chi connectivity index (χ4v) is 2.24. The topological polar surface area (TPSA) is 49.4 Å². The second-order valence-corrected chi connectivity index (χ2v) is 5.18. The van der Waals surface area contributed by atoms with Gasteiger partial charge < -0.3 is 9.84 Å². The molecular formula is C19H19O3-. The Morgan fingerprint density at radius 3 is 2.50 bits per heavy atom. The SMILES string of the molecule is COC([O-])=CCC(C)c1cccc(C(=O)c2ccccc2)c1. The lowest BCUT2D eigenvalue weighted by atomic mass is 9.94. The number of rotatable bonds is 6. The Balaban J connectivity index is 2.18. The molecule has 1 unspecified atom stereocenters. The highest BCUT2D eigenvalue weighted by Crippen LogP contribution is 2.22. The van der Waals surface area contributed by atoms with E-state index in [2.05, 4.69) is 4.74 Å². The number of hydrogen-bond donors (Lipinski definition) is 0. The van der Waals surface area contributed by atoms with E-state index in [0.717, 1.165) is 5.56 Å². The minimum atomic E-state index is -0.330. The first-order chi connectivity index (χ1) is 10.6. The van der Waals surface area contributed by atoms with E-state index >= 15 is 0 Å². The smallest absolute Gasteiger partial charge is 0.193 e. The molecule has 0 spiro atoms. The van der Waals surface area contributed by atoms with Crippen LogP contribution >= 0.6 is 0 Å². The van der Waals surface area contributed by atoms with Gasteiger partial charge in [-0.25, -0.2) is 0 Å². The van der Waals surface area contributed by atoms with E-state index in [1.807, 2.05) is 61.5 Å². The van der Waals surface area contributed by atoms with E-state index in [0.29, 0.717) is 17.5 Å². The summed E-state index contributed by atoms with van der Waals surface area (Å²) < 4.78 is 4.61. The number of allylic oxidation sites excluding steroid dienone is 1. The Morgan fingerprint density at radius 1 is 1.14 bits per heavy atom. The van der Waals surface area contributed by atoms with Gasteiger partial charge in [-0.05, 0) is 31.1 Å². The molecule has 0 aromatic heterocycles. The van der Waals surface area contributed by atoms with Gasteiger partial charge >= 0.3 is 0 Å². The molecule has 0 saturated heterocycles. The molecule has 0 amide bonds. The molecule has 114 valence electrons. The molecule has 0 saturated carbocycles. The van der Waals surface area contributed by atoms with Gasteiger partial charge in [-0.3, -0.25) is 4.79 Å². The summed E-state index contributed by atoms with van der Waals surface area (Å²) in [5, 5.41) is 11.2. The minimum Gasteiger partial charge on any atom is -0.617 e. The number of ketones is 1. The molecule has 3 nitrogen and oxygen atoms in total. The van der Waals surface area contributed by atoms with E-state index in [-0.39, 0.29) is 17.6 Å². The van der Waals surface area contributed by atoms with Crippen LogP contribution in [0.15, 0.2) is 66.6 Å². The van der Waals surface area contributed by atoms with Gasteiger partial charge in [-0.1, -0.05) is 61.5 Å². The Bertz CT molecular complexity index is 659. The third-order valence-corrected chi connectivity index (χ3v) is 3.59. The summed E-state index contributed by atoms with van der Waals surface area (Å²) in [6.45, 7) is 2.02. The molecule has 0 heterocycles. The molecule has 22 heavy (non-hydrogen) atoms. The maximum absolute atomic E-state index is 12.5. The van der Waals surface area contributed by atoms with Crippen LogP contribution in [0.5, 0.6) is 0 Å². The van der Waals surface area contributed by atoms with E-state index in [4.69, 9.17) is 0 Å². The Morgan fingerprint density at radius 2 is 1.82 bits per heavy atom. The van der Waals surface area contributed by atoms with Crippen LogP contribution in [0.25, 0.3) is 0 Å². The van der Waals surface area contributed by atoms with E-state index in [1.54, 1.807) is 0 Å². The first-order valence-corrected chi connectivity index (χ1v) is 7.22. The molecule has 1 atom stereocenters. The van der Waals surface area contributed by atoms with Gasteiger partial charge in [0.25, 0.3) is 0 Å². The molecule has 2 rings (SSSR count). The number of carbonyl (C=O) groups is 1. The van der Waals surface area contributed by atoms with Gasteiger partial charge in [0.2, 0.25) is 0 Å². The van der Waals surface area contributed by atoms with Gasteiger partial charge in [0, 0.05) is 17.1 Å². The van der Waals surface area contributed by atoms with Gasteiger partial charge in [-0.2, -0.15) is 0 Å². The summed E-state index contributed by atoms with van der Waals surface area (Å²) in [6.07, 6.45) is 2.10. The quantitative estimate of drug-likeness (QED) is 0.607. The maximum atomic E-state index is 12.5. The zero-order valence-electron chi connectivity index (χ0n) is 12.8. The first kappa shape index (κ1) is 15.8. The predicted molar refractivity (Wildman–Crippen MR) is 84.4 cm³/mol. The zero-order chi connectivity index (χ0) is 15.9. The van der Waals surface area contributed by atoms with Crippen LogP contribution in [0.1, 0.15) is 40.7 Å². The van der Waals surface area contributed by atoms with Crippen LogP contribution in [0, 0.1) is 0 Å². The molecule has 2 aromatic rings. The summed E-state index contributed by atoms with van der Waals surface area (Å²) in [7, 11) is 1.36. The van der Waals surface area contributed by atoms with Gasteiger partial charge in [0.05, 0.1) is 0 Å². The van der Waals surface area contributed by atoms with Crippen molar-refractivity contribution in [1.29, 1.82) is 0 Å². The van der Waals surface area contributed by atoms with Crippen LogP contribution in [-0.2, 0) is 4.74 Å². The monoisotopic (exact) mass is 295 g/mol. The van der Waals surface area contributed by atoms with Crippen LogP contribution in [0.4, 0.5) is 0 Å². The fourth-order valence-electron chi connectivity index (χ4n) is 2.24. The number of carbonyl (C=O) groups excluding carboxylic acids is 1. The van der Waals surface area contributed by atoms with Crippen LogP contribution in [0.2, 0.25) is 0 Å². The minimum absolute atomic E-state index is 0.00611. The summed E-state index contributed by atoms with van der Waals surface area (Å²) in [6, 6.07) is 16.8. The van der Waals surface area contributed by atoms with Crippen molar-refractivity contribution in [3.63, 3.8) is 0 Å². The largest absolute Gasteiger partial charge is 0.617 e. The Labute approximate surface area is 130 Å². The highest BCUT2D eigenvalue weighted by atomic mass is 16.6. The molecule has 0 bridgehead atoms. The predicted octanol–water partition coefficient (Wildman–Crippen LogP) is 3.26. The molecule has 0 aliphatic rings. The highest BCUT2D eigenvalue weighted by Gasteiger charge is 2.11. The van der Waals surface area contributed by atoms with Crippen molar-refractivity contribution in [2.24, 2.45) is 0 Å². The van der Waals surface area contributed by atoms with Crippen molar-refractivity contribution >= 4 is 5.78 Å². The van der Waals surface area contributed by atoms with Crippen molar-refractivity contribution in [1.82, 2.24) is 0 Å². The number of hydrogen-bond acceptors (Lipinski definition) is 3. The van der Waals surface area contributed by atoms with Crippen LogP contribution in [0.3, 0.4) is 0 Å². The van der Waals surface area contributed by atoms with Crippen LogP contribution in [-0.4, -0.2) is 12.9 Å². The third-order valence-electron chi connectivity index (χ3n) is 3.59. The fraction of sp³-hybridized carbons (Fsp3) is 0.211. The zero-order valence-corrected chi connectivity index (χ0v) is 12.8. The Kier molecular flexibility index (Phi) is 5.37. The number of ether oxygens (including phenoxy) is 1. The van der Waals surface area contributed by atoms with Crippen LogP contribution < -0.4 is 5.11 Å². The van der Waals surface area contributed by atoms with E-state index < -0.39 is 0 Å². The molecule has 3 heteroatoms. The molecule has 0 fully saturated rings. The standard InChI is InChI=1S/C19H20O3/c1-14(11-12-18(20)22-2)16-9-6-10-17(13-16)19(21)15-7-4-3-5-8-15/h3-10,12-14,20H,11H2,1-2H3/p-1. The lowest BCUT2D eigenvalue weighted by Crippen LogP contribution is -2.06. The highest BCUT2D eigenvalue weighted by molar-refractivity contribution is 6.09. The van der Waals surface area contributed by atoms with Crippen molar-refractivity contribution in [3.8, 4) is 0 Å². The summed E-state index contributed by atoms with van der Waals surface area (Å²) in [5.41, 5.74) is 2.36. The second kappa shape index (κ2) is 7.46. The summed E-state index contributed by atoms with van der Waals surface area (Å²) >= 11 is 0. The molecule has 0 radical (unpaired) electrons. The van der Waals surface area contributed by atoms with Gasteiger partial charge in [0.1, 0.15) is 0 Å². The summed E-state index contributed by atoms with van der Waals surface area (Å²) in [4.78, 5) is 12.5. The molecular weight excluding hydrogens is 276 g/mol. The normalized spacial score (nSPS) is 12.7. The van der Waals surface area contributed by atoms with Gasteiger partial charge in [0.15, 0.2) is 5.78 Å². The molecule has 0 N–H and O–H groups in total. The lowest BCUT2D eigenvalue weighted by Gasteiger charge is -2.13. The average molecular weight is 295 g/mol. The first-order valence-electron chi connectivity index (χ1n) is 7.22. The summed E-state index contributed by atoms with van der Waals surface area (Å²) in [5.74, 6) is -0.183. The Hall–Kier alpha value is -2.55. The van der Waals surface area contributed by atoms with Crippen molar-refractivity contribution in [3.05, 3.63) is 83.3 Å². The lowest BCUT2D eigenvalue weighted by molar-refractivity contribution is -0.353. The number of methoxy groups -OCH3 is 1. The van der Waals surface area contributed by atoms with Gasteiger partial charge in [-0.15, -0.1) is 0 Å². The molecule has 0 aliphatic carbocycles. The maximum Gasteiger partial charge on any atom is 0.193 e. The van der Waals surface area contributed by atoms with Crippen molar-refractivity contribution in [2.45, 2.75) is 19.3 Å². The third kappa shape index (κ3) is 3.98. The average Bonchev–Trinajstić information content (AvgIpc) is 2.59. The van der Waals surface area contributed by atoms with E-state index in [1.165, 1.54) is 13.2 Å².